The van der Waals surface area contributed by atoms with Crippen LogP contribution in [0.25, 0.3) is 0 Å². The van der Waals surface area contributed by atoms with Gasteiger partial charge in [0.05, 0.1) is 4.92 Å². The minimum atomic E-state index is -0.373. The summed E-state index contributed by atoms with van der Waals surface area (Å²) in [5, 5.41) is 10.6. The summed E-state index contributed by atoms with van der Waals surface area (Å²) < 4.78 is 5.76. The standard InChI is InChI=1S/C11H13NO3/c1-3-11(2)7-8-6-9(12(13)14)4-5-10(8)15-11/h4-6H,3,7H2,1-2H3. The van der Waals surface area contributed by atoms with E-state index in [-0.39, 0.29) is 16.2 Å². The SMILES string of the molecule is CCC1(C)Cc2cc([N+](=O)[O-])ccc2O1. The molecule has 1 aliphatic heterocycles. The first-order valence-electron chi connectivity index (χ1n) is 5.00. The first kappa shape index (κ1) is 9.96. The molecule has 1 atom stereocenters. The minimum Gasteiger partial charge on any atom is -0.487 e. The molecule has 0 aliphatic carbocycles. The summed E-state index contributed by atoms with van der Waals surface area (Å²) in [6.07, 6.45) is 1.65. The molecule has 2 rings (SSSR count). The van der Waals surface area contributed by atoms with Crippen molar-refractivity contribution < 1.29 is 9.66 Å². The molecule has 0 spiro atoms. The lowest BCUT2D eigenvalue weighted by Gasteiger charge is -2.21. The van der Waals surface area contributed by atoms with Crippen molar-refractivity contribution in [1.29, 1.82) is 0 Å². The molecule has 1 heterocycles. The summed E-state index contributed by atoms with van der Waals surface area (Å²) in [7, 11) is 0. The van der Waals surface area contributed by atoms with Crippen LogP contribution in [-0.4, -0.2) is 10.5 Å². The lowest BCUT2D eigenvalue weighted by atomic mass is 9.97. The lowest BCUT2D eigenvalue weighted by molar-refractivity contribution is -0.384. The fraction of sp³-hybridized carbons (Fsp3) is 0.455. The van der Waals surface area contributed by atoms with Crippen LogP contribution in [0.1, 0.15) is 25.8 Å². The highest BCUT2D eigenvalue weighted by atomic mass is 16.6. The molecule has 0 radical (unpaired) electrons. The number of hydrogen-bond acceptors (Lipinski definition) is 3. The summed E-state index contributed by atoms with van der Waals surface area (Å²) >= 11 is 0. The Kier molecular flexibility index (Phi) is 2.14. The van der Waals surface area contributed by atoms with E-state index in [9.17, 15) is 10.1 Å². The molecule has 0 aromatic heterocycles. The summed E-state index contributed by atoms with van der Waals surface area (Å²) in [5.74, 6) is 0.782. The molecule has 1 aliphatic rings. The van der Waals surface area contributed by atoms with E-state index in [2.05, 4.69) is 6.92 Å². The van der Waals surface area contributed by atoms with Gasteiger partial charge >= 0.3 is 0 Å². The Labute approximate surface area is 88.0 Å². The molecule has 0 saturated heterocycles. The van der Waals surface area contributed by atoms with Gasteiger partial charge in [-0.15, -0.1) is 0 Å². The second-order valence-electron chi connectivity index (χ2n) is 4.13. The van der Waals surface area contributed by atoms with Crippen LogP contribution in [0.4, 0.5) is 5.69 Å². The van der Waals surface area contributed by atoms with E-state index in [4.69, 9.17) is 4.74 Å². The third-order valence-corrected chi connectivity index (χ3v) is 2.92. The van der Waals surface area contributed by atoms with Crippen LogP contribution in [0.2, 0.25) is 0 Å². The summed E-state index contributed by atoms with van der Waals surface area (Å²) in [6, 6.07) is 4.78. The largest absolute Gasteiger partial charge is 0.487 e. The molecule has 0 saturated carbocycles. The minimum absolute atomic E-state index is 0.137. The molecule has 0 bridgehead atoms. The zero-order chi connectivity index (χ0) is 11.1. The van der Waals surface area contributed by atoms with Crippen LogP contribution in [0.3, 0.4) is 0 Å². The average molecular weight is 207 g/mol. The molecule has 0 amide bonds. The van der Waals surface area contributed by atoms with Crippen LogP contribution in [0.15, 0.2) is 18.2 Å². The van der Waals surface area contributed by atoms with Crippen molar-refractivity contribution >= 4 is 5.69 Å². The third-order valence-electron chi connectivity index (χ3n) is 2.92. The number of non-ortho nitro benzene ring substituents is 1. The van der Waals surface area contributed by atoms with Gasteiger partial charge in [0.1, 0.15) is 11.4 Å². The maximum Gasteiger partial charge on any atom is 0.269 e. The van der Waals surface area contributed by atoms with E-state index in [0.717, 1.165) is 24.2 Å². The van der Waals surface area contributed by atoms with Crippen molar-refractivity contribution in [2.45, 2.75) is 32.3 Å². The van der Waals surface area contributed by atoms with Crippen LogP contribution < -0.4 is 4.74 Å². The first-order valence-corrected chi connectivity index (χ1v) is 5.00. The first-order chi connectivity index (χ1) is 7.04. The number of nitro groups is 1. The van der Waals surface area contributed by atoms with Crippen LogP contribution in [-0.2, 0) is 6.42 Å². The fourth-order valence-electron chi connectivity index (χ4n) is 1.82. The van der Waals surface area contributed by atoms with Gasteiger partial charge in [0, 0.05) is 24.1 Å². The van der Waals surface area contributed by atoms with E-state index in [1.54, 1.807) is 12.1 Å². The number of benzene rings is 1. The maximum atomic E-state index is 10.6. The third kappa shape index (κ3) is 1.67. The molecule has 0 fully saturated rings. The topological polar surface area (TPSA) is 52.4 Å². The zero-order valence-electron chi connectivity index (χ0n) is 8.82. The van der Waals surface area contributed by atoms with Gasteiger partial charge in [-0.05, 0) is 19.4 Å². The van der Waals surface area contributed by atoms with E-state index in [1.165, 1.54) is 6.07 Å². The van der Waals surface area contributed by atoms with Gasteiger partial charge in [0.25, 0.3) is 5.69 Å². The summed E-state index contributed by atoms with van der Waals surface area (Å²) in [5.41, 5.74) is 0.878. The normalized spacial score (nSPS) is 23.3. The number of ether oxygens (including phenoxy) is 1. The number of fused-ring (bicyclic) bond motifs is 1. The van der Waals surface area contributed by atoms with E-state index < -0.39 is 0 Å². The van der Waals surface area contributed by atoms with Gasteiger partial charge in [-0.2, -0.15) is 0 Å². The molecule has 1 aromatic rings. The Morgan fingerprint density at radius 3 is 2.93 bits per heavy atom. The van der Waals surface area contributed by atoms with Crippen LogP contribution >= 0.6 is 0 Å². The van der Waals surface area contributed by atoms with E-state index in [0.29, 0.717) is 0 Å². The van der Waals surface area contributed by atoms with Crippen LogP contribution in [0, 0.1) is 10.1 Å². The predicted octanol–water partition coefficient (Wildman–Crippen LogP) is 2.70. The molecule has 4 nitrogen and oxygen atoms in total. The number of nitrogens with zero attached hydrogens (tertiary/aromatic N) is 1. The smallest absolute Gasteiger partial charge is 0.269 e. The molecule has 1 unspecified atom stereocenters. The number of hydrogen-bond donors (Lipinski definition) is 0. The van der Waals surface area contributed by atoms with Crippen molar-refractivity contribution in [3.05, 3.63) is 33.9 Å². The highest BCUT2D eigenvalue weighted by Gasteiger charge is 2.33. The maximum absolute atomic E-state index is 10.6. The second kappa shape index (κ2) is 3.22. The van der Waals surface area contributed by atoms with Gasteiger partial charge < -0.3 is 4.74 Å². The average Bonchev–Trinajstić information content (AvgIpc) is 2.53. The highest BCUT2D eigenvalue weighted by molar-refractivity contribution is 5.47. The van der Waals surface area contributed by atoms with Crippen molar-refractivity contribution in [3.63, 3.8) is 0 Å². The molecular weight excluding hydrogens is 194 g/mol. The zero-order valence-corrected chi connectivity index (χ0v) is 8.82. The molecule has 15 heavy (non-hydrogen) atoms. The number of nitro benzene ring substituents is 1. The van der Waals surface area contributed by atoms with Crippen molar-refractivity contribution in [2.75, 3.05) is 0 Å². The van der Waals surface area contributed by atoms with Gasteiger partial charge in [-0.1, -0.05) is 6.92 Å². The number of rotatable bonds is 2. The Balaban J connectivity index is 2.35. The summed E-state index contributed by atoms with van der Waals surface area (Å²) in [4.78, 5) is 10.2. The lowest BCUT2D eigenvalue weighted by Crippen LogP contribution is -2.28. The van der Waals surface area contributed by atoms with Crippen LogP contribution in [0.5, 0.6) is 5.75 Å². The Morgan fingerprint density at radius 1 is 1.60 bits per heavy atom. The van der Waals surface area contributed by atoms with Crippen molar-refractivity contribution in [1.82, 2.24) is 0 Å². The highest BCUT2D eigenvalue weighted by Crippen LogP contribution is 2.38. The van der Waals surface area contributed by atoms with Gasteiger partial charge in [-0.25, -0.2) is 0 Å². The van der Waals surface area contributed by atoms with Crippen molar-refractivity contribution in [3.8, 4) is 5.75 Å². The Morgan fingerprint density at radius 2 is 2.33 bits per heavy atom. The van der Waals surface area contributed by atoms with Gasteiger partial charge in [-0.3, -0.25) is 10.1 Å². The Bertz CT molecular complexity index is 416. The molecule has 4 heteroatoms. The van der Waals surface area contributed by atoms with Gasteiger partial charge in [0.15, 0.2) is 0 Å². The fourth-order valence-corrected chi connectivity index (χ4v) is 1.82. The quantitative estimate of drug-likeness (QED) is 0.553. The molecular formula is C11H13NO3. The Hall–Kier alpha value is -1.58. The van der Waals surface area contributed by atoms with E-state index in [1.807, 2.05) is 6.92 Å². The van der Waals surface area contributed by atoms with Gasteiger partial charge in [0.2, 0.25) is 0 Å². The van der Waals surface area contributed by atoms with E-state index >= 15 is 0 Å². The monoisotopic (exact) mass is 207 g/mol. The summed E-state index contributed by atoms with van der Waals surface area (Å²) in [6.45, 7) is 4.08. The predicted molar refractivity (Wildman–Crippen MR) is 56.1 cm³/mol. The molecule has 0 N–H and O–H groups in total. The molecule has 80 valence electrons. The van der Waals surface area contributed by atoms with Crippen molar-refractivity contribution in [2.24, 2.45) is 0 Å². The second-order valence-corrected chi connectivity index (χ2v) is 4.13. The molecule has 1 aromatic carbocycles.